The second kappa shape index (κ2) is 13.3. The Morgan fingerprint density at radius 1 is 0.882 bits per heavy atom. The van der Waals surface area contributed by atoms with Crippen LogP contribution in [0.25, 0.3) is 0 Å². The lowest BCUT2D eigenvalue weighted by atomic mass is 10.0. The fourth-order valence-electron chi connectivity index (χ4n) is 3.77. The maximum absolute atomic E-state index is 13.5. The molecule has 0 aromatic heterocycles. The maximum atomic E-state index is 13.5. The van der Waals surface area contributed by atoms with E-state index in [9.17, 15) is 14.0 Å². The van der Waals surface area contributed by atoms with Gasteiger partial charge in [-0.05, 0) is 35.2 Å². The predicted octanol–water partition coefficient (Wildman–Crippen LogP) is 4.16. The van der Waals surface area contributed by atoms with Gasteiger partial charge in [-0.1, -0.05) is 72.8 Å². The van der Waals surface area contributed by atoms with Crippen molar-refractivity contribution in [2.45, 2.75) is 31.8 Å². The van der Waals surface area contributed by atoms with Crippen molar-refractivity contribution in [2.75, 3.05) is 20.3 Å². The number of carbonyl (C=O) groups excluding carboxylic acids is 2. The number of nitrogens with zero attached hydrogens (tertiary/aromatic N) is 1. The van der Waals surface area contributed by atoms with Gasteiger partial charge in [0.05, 0.1) is 6.61 Å². The topological polar surface area (TPSA) is 58.6 Å². The highest BCUT2D eigenvalue weighted by Crippen LogP contribution is 2.17. The smallest absolute Gasteiger partial charge is 0.243 e. The van der Waals surface area contributed by atoms with E-state index in [1.54, 1.807) is 24.1 Å². The van der Waals surface area contributed by atoms with Gasteiger partial charge in [0.2, 0.25) is 11.8 Å². The minimum Gasteiger partial charge on any atom is -0.383 e. The molecule has 3 aromatic rings. The van der Waals surface area contributed by atoms with Crippen LogP contribution in [0.5, 0.6) is 0 Å². The Hall–Kier alpha value is -3.51. The summed E-state index contributed by atoms with van der Waals surface area (Å²) in [6.07, 6.45) is 1.21. The highest BCUT2D eigenvalue weighted by atomic mass is 19.1. The van der Waals surface area contributed by atoms with Crippen LogP contribution in [0.3, 0.4) is 0 Å². The monoisotopic (exact) mass is 462 g/mol. The van der Waals surface area contributed by atoms with Crippen LogP contribution in [0.2, 0.25) is 0 Å². The lowest BCUT2D eigenvalue weighted by Gasteiger charge is -2.31. The first kappa shape index (κ1) is 25.1. The predicted molar refractivity (Wildman–Crippen MR) is 131 cm³/mol. The van der Waals surface area contributed by atoms with E-state index in [1.165, 1.54) is 12.1 Å². The van der Waals surface area contributed by atoms with Gasteiger partial charge >= 0.3 is 0 Å². The number of halogens is 1. The quantitative estimate of drug-likeness (QED) is 0.411. The van der Waals surface area contributed by atoms with Gasteiger partial charge in [0.15, 0.2) is 0 Å². The minimum absolute atomic E-state index is 0.129. The summed E-state index contributed by atoms with van der Waals surface area (Å²) < 4.78 is 18.5. The summed E-state index contributed by atoms with van der Waals surface area (Å²) in [5.41, 5.74) is 2.77. The van der Waals surface area contributed by atoms with Crippen LogP contribution in [0.15, 0.2) is 84.9 Å². The lowest BCUT2D eigenvalue weighted by Crippen LogP contribution is -2.51. The second-order valence-electron chi connectivity index (χ2n) is 8.12. The highest BCUT2D eigenvalue weighted by molar-refractivity contribution is 5.88. The Morgan fingerprint density at radius 3 is 2.12 bits per heavy atom. The van der Waals surface area contributed by atoms with Crippen molar-refractivity contribution in [3.8, 4) is 0 Å². The standard InChI is InChI=1S/C28H31FN2O3/c1-34-19-18-30-28(33)26(20-23-10-6-3-7-11-23)31(21-24-12-15-25(29)16-13-24)27(32)17-14-22-8-4-2-5-9-22/h2-13,15-16,26H,14,17-21H2,1H3,(H,30,33). The number of carbonyl (C=O) groups is 2. The van der Waals surface area contributed by atoms with Crippen molar-refractivity contribution in [1.82, 2.24) is 10.2 Å². The first-order chi connectivity index (χ1) is 16.6. The first-order valence-electron chi connectivity index (χ1n) is 11.4. The fourth-order valence-corrected chi connectivity index (χ4v) is 3.77. The second-order valence-corrected chi connectivity index (χ2v) is 8.12. The SMILES string of the molecule is COCCNC(=O)C(Cc1ccccc1)N(Cc1ccc(F)cc1)C(=O)CCc1ccccc1. The third-order valence-corrected chi connectivity index (χ3v) is 5.61. The zero-order valence-electron chi connectivity index (χ0n) is 19.5. The molecular formula is C28H31FN2O3. The number of nitrogens with one attached hydrogen (secondary N) is 1. The molecule has 0 saturated heterocycles. The molecule has 2 amide bonds. The molecule has 0 heterocycles. The first-order valence-corrected chi connectivity index (χ1v) is 11.4. The number of methoxy groups -OCH3 is 1. The molecule has 0 aliphatic heterocycles. The van der Waals surface area contributed by atoms with Gasteiger partial charge in [0, 0.05) is 33.0 Å². The van der Waals surface area contributed by atoms with Crippen LogP contribution >= 0.6 is 0 Å². The molecule has 0 fully saturated rings. The molecule has 1 atom stereocenters. The largest absolute Gasteiger partial charge is 0.383 e. The van der Waals surface area contributed by atoms with Crippen molar-refractivity contribution in [3.63, 3.8) is 0 Å². The lowest BCUT2D eigenvalue weighted by molar-refractivity contribution is -0.141. The van der Waals surface area contributed by atoms with E-state index in [0.29, 0.717) is 26.0 Å². The molecule has 0 saturated carbocycles. The number of hydrogen-bond acceptors (Lipinski definition) is 3. The van der Waals surface area contributed by atoms with E-state index in [4.69, 9.17) is 4.74 Å². The number of benzene rings is 3. The molecule has 0 bridgehead atoms. The summed E-state index contributed by atoms with van der Waals surface area (Å²) in [6.45, 7) is 0.941. The normalized spacial score (nSPS) is 11.6. The zero-order chi connectivity index (χ0) is 24.2. The van der Waals surface area contributed by atoms with Gasteiger partial charge in [-0.15, -0.1) is 0 Å². The average Bonchev–Trinajstić information content (AvgIpc) is 2.87. The summed E-state index contributed by atoms with van der Waals surface area (Å²) >= 11 is 0. The molecular weight excluding hydrogens is 431 g/mol. The summed E-state index contributed by atoms with van der Waals surface area (Å²) in [7, 11) is 1.57. The molecule has 6 heteroatoms. The van der Waals surface area contributed by atoms with Crippen molar-refractivity contribution in [1.29, 1.82) is 0 Å². The molecule has 0 spiro atoms. The Bertz CT molecular complexity index is 1030. The van der Waals surface area contributed by atoms with Crippen molar-refractivity contribution >= 4 is 11.8 Å². The number of amides is 2. The van der Waals surface area contributed by atoms with E-state index < -0.39 is 6.04 Å². The summed E-state index contributed by atoms with van der Waals surface area (Å²) in [5, 5.41) is 2.89. The Morgan fingerprint density at radius 2 is 1.50 bits per heavy atom. The summed E-state index contributed by atoms with van der Waals surface area (Å²) in [6, 6.07) is 24.7. The number of rotatable bonds is 12. The summed E-state index contributed by atoms with van der Waals surface area (Å²) in [5.74, 6) is -0.712. The van der Waals surface area contributed by atoms with Crippen LogP contribution in [-0.4, -0.2) is 43.0 Å². The van der Waals surface area contributed by atoms with E-state index >= 15 is 0 Å². The Kier molecular flexibility index (Phi) is 9.80. The van der Waals surface area contributed by atoms with Gasteiger partial charge < -0.3 is 15.0 Å². The minimum atomic E-state index is -0.715. The molecule has 0 aliphatic rings. The van der Waals surface area contributed by atoms with E-state index in [-0.39, 0.29) is 30.6 Å². The summed E-state index contributed by atoms with van der Waals surface area (Å²) in [4.78, 5) is 28.4. The third-order valence-electron chi connectivity index (χ3n) is 5.61. The van der Waals surface area contributed by atoms with Gasteiger partial charge in [-0.3, -0.25) is 9.59 Å². The molecule has 5 nitrogen and oxygen atoms in total. The molecule has 34 heavy (non-hydrogen) atoms. The van der Waals surface area contributed by atoms with Crippen molar-refractivity contribution in [2.24, 2.45) is 0 Å². The van der Waals surface area contributed by atoms with Crippen molar-refractivity contribution < 1.29 is 18.7 Å². The van der Waals surface area contributed by atoms with Crippen LogP contribution in [0.4, 0.5) is 4.39 Å². The molecule has 0 aliphatic carbocycles. The van der Waals surface area contributed by atoms with Crippen molar-refractivity contribution in [3.05, 3.63) is 107 Å². The van der Waals surface area contributed by atoms with Crippen LogP contribution in [-0.2, 0) is 33.7 Å². The molecule has 1 unspecified atom stereocenters. The van der Waals surface area contributed by atoms with Gasteiger partial charge in [0.1, 0.15) is 11.9 Å². The number of aryl methyl sites for hydroxylation is 1. The molecule has 3 aromatic carbocycles. The number of hydrogen-bond donors (Lipinski definition) is 1. The molecule has 3 rings (SSSR count). The average molecular weight is 463 g/mol. The van der Waals surface area contributed by atoms with E-state index in [2.05, 4.69) is 5.32 Å². The van der Waals surface area contributed by atoms with Gasteiger partial charge in [-0.25, -0.2) is 4.39 Å². The van der Waals surface area contributed by atoms with E-state index in [1.807, 2.05) is 60.7 Å². The molecule has 178 valence electrons. The van der Waals surface area contributed by atoms with Crippen LogP contribution < -0.4 is 5.32 Å². The van der Waals surface area contributed by atoms with E-state index in [0.717, 1.165) is 16.7 Å². The van der Waals surface area contributed by atoms with Crippen LogP contribution in [0, 0.1) is 5.82 Å². The third kappa shape index (κ3) is 7.81. The molecule has 1 N–H and O–H groups in total. The Balaban J connectivity index is 1.86. The highest BCUT2D eigenvalue weighted by Gasteiger charge is 2.30. The Labute approximate surface area is 200 Å². The van der Waals surface area contributed by atoms with Crippen LogP contribution in [0.1, 0.15) is 23.1 Å². The maximum Gasteiger partial charge on any atom is 0.243 e. The molecule has 0 radical (unpaired) electrons. The van der Waals surface area contributed by atoms with Gasteiger partial charge in [0.25, 0.3) is 0 Å². The number of ether oxygens (including phenoxy) is 1. The fraction of sp³-hybridized carbons (Fsp3) is 0.286. The van der Waals surface area contributed by atoms with Gasteiger partial charge in [-0.2, -0.15) is 0 Å². The zero-order valence-corrected chi connectivity index (χ0v) is 19.5.